The lowest BCUT2D eigenvalue weighted by Gasteiger charge is -2.17. The van der Waals surface area contributed by atoms with Crippen LogP contribution in [0.3, 0.4) is 0 Å². The molecule has 6 heteroatoms. The Morgan fingerprint density at radius 1 is 1.14 bits per heavy atom. The minimum Gasteiger partial charge on any atom is -0.370 e. The summed E-state index contributed by atoms with van der Waals surface area (Å²) in [5.41, 5.74) is -0.679. The Kier molecular flexibility index (Phi) is 6.78. The average molecular weight is 303 g/mol. The molecule has 0 aliphatic carbocycles. The zero-order chi connectivity index (χ0) is 15.9. The first-order chi connectivity index (χ1) is 9.86. The maximum absolute atomic E-state index is 12.9. The Morgan fingerprint density at radius 2 is 1.81 bits per heavy atom. The summed E-state index contributed by atoms with van der Waals surface area (Å²) in [5, 5.41) is 5.97. The van der Waals surface area contributed by atoms with Crippen molar-refractivity contribution in [3.8, 4) is 0 Å². The number of halogens is 3. The van der Waals surface area contributed by atoms with Crippen molar-refractivity contribution < 1.29 is 13.2 Å². The number of unbranched alkanes of at least 4 members (excludes halogenated alkanes) is 1. The molecular weight excluding hydrogens is 279 g/mol. The highest BCUT2D eigenvalue weighted by Gasteiger charge is 2.31. The quantitative estimate of drug-likeness (QED) is 0.716. The van der Waals surface area contributed by atoms with Crippen LogP contribution in [0.2, 0.25) is 0 Å². The average Bonchev–Trinajstić information content (AvgIpc) is 2.41. The summed E-state index contributed by atoms with van der Waals surface area (Å²) in [5.74, 6) is 0.531. The van der Waals surface area contributed by atoms with Crippen molar-refractivity contribution in [1.82, 2.24) is 4.98 Å². The molecule has 0 aliphatic rings. The molecule has 1 atom stereocenters. The van der Waals surface area contributed by atoms with Gasteiger partial charge in [-0.05, 0) is 31.9 Å². The number of hydrogen-bond donors (Lipinski definition) is 2. The summed E-state index contributed by atoms with van der Waals surface area (Å²) in [6.07, 6.45) is -0.534. The van der Waals surface area contributed by atoms with Crippen molar-refractivity contribution >= 4 is 11.6 Å². The number of aromatic nitrogens is 1. The summed E-state index contributed by atoms with van der Waals surface area (Å²) >= 11 is 0. The SMILES string of the molecule is CCCCC(C)Nc1cc(C(F)(F)F)cc(NCCC)n1. The molecule has 1 aromatic rings. The zero-order valence-corrected chi connectivity index (χ0v) is 12.8. The van der Waals surface area contributed by atoms with Crippen molar-refractivity contribution in [3.63, 3.8) is 0 Å². The molecule has 0 aromatic carbocycles. The van der Waals surface area contributed by atoms with Gasteiger partial charge in [0.05, 0.1) is 5.56 Å². The zero-order valence-electron chi connectivity index (χ0n) is 12.8. The van der Waals surface area contributed by atoms with Crippen LogP contribution in [0.4, 0.5) is 24.8 Å². The number of nitrogens with zero attached hydrogens (tertiary/aromatic N) is 1. The van der Waals surface area contributed by atoms with Gasteiger partial charge in [-0.1, -0.05) is 26.7 Å². The molecule has 0 saturated heterocycles. The van der Waals surface area contributed by atoms with Crippen LogP contribution >= 0.6 is 0 Å². The maximum Gasteiger partial charge on any atom is 0.416 e. The highest BCUT2D eigenvalue weighted by molar-refractivity contribution is 5.50. The van der Waals surface area contributed by atoms with Gasteiger partial charge >= 0.3 is 6.18 Å². The van der Waals surface area contributed by atoms with Crippen LogP contribution in [0.25, 0.3) is 0 Å². The fourth-order valence-electron chi connectivity index (χ4n) is 1.95. The molecule has 0 spiro atoms. The fourth-order valence-corrected chi connectivity index (χ4v) is 1.95. The molecule has 0 radical (unpaired) electrons. The van der Waals surface area contributed by atoms with E-state index in [1.165, 1.54) is 0 Å². The lowest BCUT2D eigenvalue weighted by molar-refractivity contribution is -0.137. The number of pyridine rings is 1. The molecule has 2 N–H and O–H groups in total. The van der Waals surface area contributed by atoms with Gasteiger partial charge in [-0.15, -0.1) is 0 Å². The first-order valence-corrected chi connectivity index (χ1v) is 7.46. The van der Waals surface area contributed by atoms with E-state index in [1.807, 2.05) is 13.8 Å². The maximum atomic E-state index is 12.9. The summed E-state index contributed by atoms with van der Waals surface area (Å²) in [4.78, 5) is 4.21. The number of nitrogens with one attached hydrogen (secondary N) is 2. The van der Waals surface area contributed by atoms with Crippen LogP contribution in [0, 0.1) is 0 Å². The summed E-state index contributed by atoms with van der Waals surface area (Å²) < 4.78 is 38.8. The highest BCUT2D eigenvalue weighted by Crippen LogP contribution is 2.32. The van der Waals surface area contributed by atoms with E-state index < -0.39 is 11.7 Å². The summed E-state index contributed by atoms with van der Waals surface area (Å²) in [6.45, 7) is 6.59. The van der Waals surface area contributed by atoms with Crippen LogP contribution in [0.5, 0.6) is 0 Å². The summed E-state index contributed by atoms with van der Waals surface area (Å²) in [7, 11) is 0. The standard InChI is InChI=1S/C15H24F3N3/c1-4-6-7-11(3)20-14-10-12(15(16,17)18)9-13(21-14)19-8-5-2/h9-11H,4-8H2,1-3H3,(H2,19,20,21). The minimum absolute atomic E-state index is 0.0972. The second-order valence-corrected chi connectivity index (χ2v) is 5.24. The smallest absolute Gasteiger partial charge is 0.370 e. The number of anilines is 2. The Balaban J connectivity index is 2.90. The van der Waals surface area contributed by atoms with Gasteiger partial charge in [0.2, 0.25) is 0 Å². The second-order valence-electron chi connectivity index (χ2n) is 5.24. The van der Waals surface area contributed by atoms with E-state index >= 15 is 0 Å². The molecule has 21 heavy (non-hydrogen) atoms. The first-order valence-electron chi connectivity index (χ1n) is 7.46. The van der Waals surface area contributed by atoms with Crippen molar-refractivity contribution in [1.29, 1.82) is 0 Å². The molecule has 0 aliphatic heterocycles. The Labute approximate surface area is 124 Å². The predicted molar refractivity (Wildman–Crippen MR) is 80.6 cm³/mol. The third-order valence-corrected chi connectivity index (χ3v) is 3.09. The molecule has 1 rings (SSSR count). The van der Waals surface area contributed by atoms with Gasteiger partial charge in [0, 0.05) is 12.6 Å². The van der Waals surface area contributed by atoms with Crippen molar-refractivity contribution in [3.05, 3.63) is 17.7 Å². The van der Waals surface area contributed by atoms with Crippen LogP contribution in [-0.4, -0.2) is 17.6 Å². The fraction of sp³-hybridized carbons (Fsp3) is 0.667. The van der Waals surface area contributed by atoms with Gasteiger partial charge in [-0.25, -0.2) is 4.98 Å². The van der Waals surface area contributed by atoms with Crippen LogP contribution in [0.1, 0.15) is 52.0 Å². The van der Waals surface area contributed by atoms with E-state index in [0.29, 0.717) is 6.54 Å². The van der Waals surface area contributed by atoms with Gasteiger partial charge < -0.3 is 10.6 Å². The monoisotopic (exact) mass is 303 g/mol. The predicted octanol–water partition coefficient (Wildman–Crippen LogP) is 4.91. The molecular formula is C15H24F3N3. The second kappa shape index (κ2) is 8.10. The molecule has 0 saturated carbocycles. The molecule has 1 aromatic heterocycles. The van der Waals surface area contributed by atoms with Gasteiger partial charge in [-0.3, -0.25) is 0 Å². The van der Waals surface area contributed by atoms with E-state index in [2.05, 4.69) is 22.5 Å². The van der Waals surface area contributed by atoms with Gasteiger partial charge in [0.25, 0.3) is 0 Å². The molecule has 120 valence electrons. The largest absolute Gasteiger partial charge is 0.416 e. The molecule has 1 heterocycles. The van der Waals surface area contributed by atoms with Crippen molar-refractivity contribution in [2.24, 2.45) is 0 Å². The lowest BCUT2D eigenvalue weighted by Crippen LogP contribution is -2.18. The molecule has 1 unspecified atom stereocenters. The lowest BCUT2D eigenvalue weighted by atomic mass is 10.1. The van der Waals surface area contributed by atoms with Crippen LogP contribution < -0.4 is 10.6 Å². The number of alkyl halides is 3. The van der Waals surface area contributed by atoms with E-state index in [1.54, 1.807) is 0 Å². The van der Waals surface area contributed by atoms with Gasteiger partial charge in [0.15, 0.2) is 0 Å². The summed E-state index contributed by atoms with van der Waals surface area (Å²) in [6, 6.07) is 2.22. The molecule has 0 bridgehead atoms. The first kappa shape index (κ1) is 17.6. The van der Waals surface area contributed by atoms with Gasteiger partial charge in [-0.2, -0.15) is 13.2 Å². The number of hydrogen-bond acceptors (Lipinski definition) is 3. The van der Waals surface area contributed by atoms with E-state index in [0.717, 1.165) is 37.8 Å². The Hall–Kier alpha value is -1.46. The van der Waals surface area contributed by atoms with E-state index in [4.69, 9.17) is 0 Å². The van der Waals surface area contributed by atoms with Crippen molar-refractivity contribution in [2.45, 2.75) is 58.7 Å². The van der Waals surface area contributed by atoms with Crippen LogP contribution in [0.15, 0.2) is 12.1 Å². The third kappa shape index (κ3) is 6.23. The number of rotatable bonds is 8. The van der Waals surface area contributed by atoms with Crippen molar-refractivity contribution in [2.75, 3.05) is 17.2 Å². The Morgan fingerprint density at radius 3 is 2.38 bits per heavy atom. The van der Waals surface area contributed by atoms with E-state index in [-0.39, 0.29) is 17.7 Å². The minimum atomic E-state index is -4.37. The van der Waals surface area contributed by atoms with Gasteiger partial charge in [0.1, 0.15) is 11.6 Å². The van der Waals surface area contributed by atoms with Crippen LogP contribution in [-0.2, 0) is 6.18 Å². The topological polar surface area (TPSA) is 37.0 Å². The van der Waals surface area contributed by atoms with E-state index in [9.17, 15) is 13.2 Å². The Bertz CT molecular complexity index is 433. The normalized spacial score (nSPS) is 13.0. The third-order valence-electron chi connectivity index (χ3n) is 3.09. The molecule has 3 nitrogen and oxygen atoms in total. The highest BCUT2D eigenvalue weighted by atomic mass is 19.4. The molecule has 0 amide bonds. The molecule has 0 fully saturated rings.